The lowest BCUT2D eigenvalue weighted by molar-refractivity contribution is -0.663. The molecule has 7 aliphatic rings. The molecule has 27 N–H and O–H groups in total. The highest BCUT2D eigenvalue weighted by atomic mass is 16.7. The molecular weight excluding hydrogens is 1220 g/mol. The van der Waals surface area contributed by atoms with E-state index in [0.29, 0.717) is 12.8 Å². The molecule has 4 amide bonds. The van der Waals surface area contributed by atoms with E-state index in [2.05, 4.69) is 46.9 Å². The van der Waals surface area contributed by atoms with Gasteiger partial charge in [-0.3, -0.25) is 51.3 Å². The number of hydrogen-bond donors (Lipinski definition) is 25. The molecule has 8 rings (SSSR count). The molecule has 91 heavy (non-hydrogen) atoms. The predicted molar refractivity (Wildman–Crippen MR) is 301 cm³/mol. The molecule has 37 nitrogen and oxygen atoms in total. The van der Waals surface area contributed by atoms with E-state index in [4.69, 9.17) is 35.2 Å². The molecule has 0 radical (unpaired) electrons. The molecule has 6 heterocycles. The Labute approximate surface area is 519 Å². The summed E-state index contributed by atoms with van der Waals surface area (Å²) >= 11 is 0. The van der Waals surface area contributed by atoms with Crippen LogP contribution in [0.4, 0.5) is 0 Å². The summed E-state index contributed by atoms with van der Waals surface area (Å²) in [5, 5.41) is 191. The molecule has 1 aromatic carbocycles. The SMILES string of the molecule is C[C@H](C1CCCCC1)[C@@H]1N=C([O-])C[NH+]=C(O)C(CO)NC(=O)[C@@H]([C@H](O)[C@@H]2CNC(N)=[N+]2[C@@H]2O[C@@H](CO)[C@H](O)[C@H](O)[C@@H]2O)NC(=O)[C@H]([C@H](O)[C@@H]2C[NH+]=C(N)N2)NC(=O)[C@@H](Cc2ccc(O[C@H]3O[C@H](CO)[C@@H](O[C@@H]4O[C@@H](CO)[C@H](O)[C@H](O)[C@@H]4O)[C@@H](O)[C@H]3O)cc2)NC1=O. The van der Waals surface area contributed by atoms with E-state index >= 15 is 9.59 Å². The Bertz CT molecular complexity index is 2780. The summed E-state index contributed by atoms with van der Waals surface area (Å²) in [6.45, 7) is -3.35. The summed E-state index contributed by atoms with van der Waals surface area (Å²) in [6.07, 6.45) is -27.4. The Kier molecular flexibility index (Phi) is 24.1. The number of guanidine groups is 2. The zero-order valence-corrected chi connectivity index (χ0v) is 49.4. The van der Waals surface area contributed by atoms with Gasteiger partial charge in [-0.25, -0.2) is 9.57 Å². The average molecular weight is 1300 g/mol. The fraction of sp³-hybridized carbons (Fsp3) is 0.741. The summed E-state index contributed by atoms with van der Waals surface area (Å²) in [4.78, 5) is 69.1. The number of carbonyl (C=O) groups is 4. The normalized spacial score (nSPS) is 38.8. The second-order valence-electron chi connectivity index (χ2n) is 23.7. The van der Waals surface area contributed by atoms with Crippen molar-refractivity contribution in [2.45, 2.75) is 192 Å². The fourth-order valence-electron chi connectivity index (χ4n) is 12.3. The monoisotopic (exact) mass is 1300 g/mol. The molecule has 3 saturated heterocycles. The van der Waals surface area contributed by atoms with Crippen molar-refractivity contribution in [1.82, 2.24) is 31.9 Å². The molecule has 0 bridgehead atoms. The van der Waals surface area contributed by atoms with Crippen LogP contribution in [0.2, 0.25) is 0 Å². The third-order valence-corrected chi connectivity index (χ3v) is 17.7. The first-order valence-corrected chi connectivity index (χ1v) is 29.9. The van der Waals surface area contributed by atoms with E-state index in [1.165, 1.54) is 24.3 Å². The Morgan fingerprint density at radius 1 is 0.670 bits per heavy atom. The zero-order valence-electron chi connectivity index (χ0n) is 49.4. The Morgan fingerprint density at radius 3 is 1.88 bits per heavy atom. The minimum absolute atomic E-state index is 0.0521. The molecule has 1 aromatic rings. The van der Waals surface area contributed by atoms with Gasteiger partial charge >= 0.3 is 17.8 Å². The summed E-state index contributed by atoms with van der Waals surface area (Å²) in [6, 6.07) is -6.82. The van der Waals surface area contributed by atoms with Crippen LogP contribution in [0.15, 0.2) is 29.3 Å². The van der Waals surface area contributed by atoms with Gasteiger partial charge in [0.05, 0.1) is 33.0 Å². The third-order valence-electron chi connectivity index (χ3n) is 17.7. The number of ether oxygens (including phenoxy) is 5. The van der Waals surface area contributed by atoms with E-state index in [1.807, 2.05) is 0 Å². The third kappa shape index (κ3) is 16.0. The smallest absolute Gasteiger partial charge is 0.358 e. The van der Waals surface area contributed by atoms with Gasteiger partial charge in [0.25, 0.3) is 0 Å². The lowest BCUT2D eigenvalue weighted by atomic mass is 9.77. The summed E-state index contributed by atoms with van der Waals surface area (Å²) < 4.78 is 29.3. The molecule has 1 saturated carbocycles. The van der Waals surface area contributed by atoms with Gasteiger partial charge in [-0.05, 0) is 29.5 Å². The van der Waals surface area contributed by atoms with Crippen LogP contribution >= 0.6 is 0 Å². The molecular formula is C54H86N12O25+2. The number of carbonyl (C=O) groups excluding carboxylic acids is 4. The van der Waals surface area contributed by atoms with Crippen LogP contribution in [-0.2, 0) is 44.5 Å². The molecule has 510 valence electrons. The van der Waals surface area contributed by atoms with Gasteiger partial charge in [-0.15, -0.1) is 0 Å². The van der Waals surface area contributed by atoms with Gasteiger partial charge in [-0.1, -0.05) is 51.2 Å². The van der Waals surface area contributed by atoms with E-state index in [1.54, 1.807) is 6.92 Å². The lowest BCUT2D eigenvalue weighted by Crippen LogP contribution is -2.80. The van der Waals surface area contributed by atoms with Gasteiger partial charge in [0, 0.05) is 12.3 Å². The second-order valence-corrected chi connectivity index (χ2v) is 23.7. The number of nitrogens with one attached hydrogen (secondary N) is 8. The highest BCUT2D eigenvalue weighted by Crippen LogP contribution is 2.34. The molecule has 0 spiro atoms. The Morgan fingerprint density at radius 2 is 1.25 bits per heavy atom. The zero-order chi connectivity index (χ0) is 66.3. The van der Waals surface area contributed by atoms with Crippen molar-refractivity contribution in [3.63, 3.8) is 0 Å². The number of amides is 4. The first kappa shape index (κ1) is 70.5. The average Bonchev–Trinajstić information content (AvgIpc) is 1.85. The maximum atomic E-state index is 15.1. The lowest BCUT2D eigenvalue weighted by Gasteiger charge is -2.45. The largest absolute Gasteiger partial charge is 0.858 e. The summed E-state index contributed by atoms with van der Waals surface area (Å²) in [5.41, 5.74) is 12.5. The number of rotatable bonds is 17. The van der Waals surface area contributed by atoms with E-state index in [-0.39, 0.29) is 35.7 Å². The van der Waals surface area contributed by atoms with Crippen molar-refractivity contribution in [3.8, 4) is 5.75 Å². The molecule has 1 unspecified atom stereocenters. The predicted octanol–water partition coefficient (Wildman–Crippen LogP) is -17.3. The maximum absolute atomic E-state index is 15.1. The fourth-order valence-corrected chi connectivity index (χ4v) is 12.3. The van der Waals surface area contributed by atoms with Gasteiger partial charge in [-0.2, -0.15) is 0 Å². The van der Waals surface area contributed by atoms with Crippen molar-refractivity contribution in [3.05, 3.63) is 29.8 Å². The number of benzene rings is 1. The Balaban J connectivity index is 1.12. The van der Waals surface area contributed by atoms with Crippen LogP contribution in [0.25, 0.3) is 0 Å². The van der Waals surface area contributed by atoms with Gasteiger partial charge in [0.1, 0.15) is 134 Å². The molecule has 4 fully saturated rings. The van der Waals surface area contributed by atoms with Gasteiger partial charge in [0.15, 0.2) is 18.9 Å². The summed E-state index contributed by atoms with van der Waals surface area (Å²) in [5.74, 6) is -8.09. The van der Waals surface area contributed by atoms with Crippen LogP contribution in [0.3, 0.4) is 0 Å². The molecule has 25 atom stereocenters. The maximum Gasteiger partial charge on any atom is 0.358 e. The van der Waals surface area contributed by atoms with E-state index < -0.39 is 234 Å². The summed E-state index contributed by atoms with van der Waals surface area (Å²) in [7, 11) is 0. The minimum atomic E-state index is -2.28. The van der Waals surface area contributed by atoms with Crippen LogP contribution in [0, 0.1) is 11.8 Å². The molecule has 37 heteroatoms. The number of aliphatic hydroxyl groups is 15. The standard InChI is InChI=1S/C54H84N12O25/c1-19(21-5-3-2-4-6-21)31-47(84)60-23(11-20-7-9-22(10-8-20)87-51-43(81)40(78)44(29(18-70)90-51)91-52-42(80)39(77)37(75)28(17-69)89-52)46(83)64-32(34(72)24-12-58-53(55)62-24)49(86)65-33(48(85)61-25(15-67)45(82)57-14-30(71)63-31)35(73)26-13-59-54(56)66(26)50-41(79)38(76)36(74)27(16-68)88-50/h7-10,19,21,23-29,31-44,50-52,67-70,72-81H,2-6,11-18H2,1H3,(H11,55,56,57,58,59,60,61,62,63,64,65,71,82,83,84,85,86)/p+2/t19-,23-,24+,25?,26+,27+,28+,29-,31+,32+,33-,34-,35-,36+,37+,38+,39+,40+,41+,42+,43-,44-,50-,51+,52+/m1/s1. The number of hydrogen-bond acceptors (Lipinski definition) is 29. The van der Waals surface area contributed by atoms with Crippen molar-refractivity contribution in [2.75, 3.05) is 46.1 Å². The number of aliphatic imine (C=N–C) groups is 1. The number of aliphatic hydroxyl groups excluding tert-OH is 15. The first-order valence-electron chi connectivity index (χ1n) is 29.9. The van der Waals surface area contributed by atoms with Crippen molar-refractivity contribution in [2.24, 2.45) is 28.3 Å². The van der Waals surface area contributed by atoms with E-state index in [9.17, 15) is 91.3 Å². The number of nitrogens with zero attached hydrogens (tertiary/aromatic N) is 2. The van der Waals surface area contributed by atoms with Crippen LogP contribution in [-0.4, -0.2) is 321 Å². The molecule has 6 aliphatic heterocycles. The van der Waals surface area contributed by atoms with Gasteiger partial charge < -0.3 is 127 Å². The minimum Gasteiger partial charge on any atom is -0.858 e. The van der Waals surface area contributed by atoms with Crippen molar-refractivity contribution >= 4 is 47.3 Å². The van der Waals surface area contributed by atoms with Crippen molar-refractivity contribution < 1.29 is 139 Å². The second kappa shape index (κ2) is 31.1. The highest BCUT2D eigenvalue weighted by molar-refractivity contribution is 5.97. The van der Waals surface area contributed by atoms with Crippen LogP contribution in [0.5, 0.6) is 5.75 Å². The number of nitrogens with two attached hydrogens (primary N) is 2. The van der Waals surface area contributed by atoms with Gasteiger partial charge in [0.2, 0.25) is 36.1 Å². The topological polar surface area (TPSA) is 608 Å². The van der Waals surface area contributed by atoms with Crippen LogP contribution < -0.4 is 63.2 Å². The first-order chi connectivity index (χ1) is 43.3. The molecule has 1 aliphatic carbocycles. The Hall–Kier alpha value is -6.34. The van der Waals surface area contributed by atoms with Crippen molar-refractivity contribution in [1.29, 1.82) is 0 Å². The van der Waals surface area contributed by atoms with E-state index in [0.717, 1.165) is 23.8 Å². The quantitative estimate of drug-likeness (QED) is 0.0644. The highest BCUT2D eigenvalue weighted by Gasteiger charge is 2.55. The van der Waals surface area contributed by atoms with Crippen LogP contribution in [0.1, 0.15) is 44.6 Å². The molecule has 0 aromatic heterocycles.